The van der Waals surface area contributed by atoms with Crippen LogP contribution >= 0.6 is 0 Å². The molecule has 0 spiro atoms. The summed E-state index contributed by atoms with van der Waals surface area (Å²) in [7, 11) is 3.59. The summed E-state index contributed by atoms with van der Waals surface area (Å²) >= 11 is 0. The van der Waals surface area contributed by atoms with E-state index in [-0.39, 0.29) is 11.8 Å². The number of nitrogens with one attached hydrogen (secondary N) is 1. The second-order valence-electron chi connectivity index (χ2n) is 4.88. The van der Waals surface area contributed by atoms with Crippen LogP contribution in [0.15, 0.2) is 24.3 Å². The van der Waals surface area contributed by atoms with Gasteiger partial charge in [0, 0.05) is 31.9 Å². The van der Waals surface area contributed by atoms with Gasteiger partial charge in [0.25, 0.3) is 0 Å². The molecule has 106 valence electrons. The SMILES string of the molecule is CCC(O)c1ccccc1N(C)CC(C)C(=O)NC. The van der Waals surface area contributed by atoms with Gasteiger partial charge in [-0.2, -0.15) is 0 Å². The minimum absolute atomic E-state index is 0.0281. The number of carbonyl (C=O) groups excluding carboxylic acids is 1. The van der Waals surface area contributed by atoms with E-state index in [2.05, 4.69) is 5.32 Å². The zero-order valence-corrected chi connectivity index (χ0v) is 12.2. The van der Waals surface area contributed by atoms with E-state index < -0.39 is 6.10 Å². The summed E-state index contributed by atoms with van der Waals surface area (Å²) in [5, 5.41) is 12.7. The van der Waals surface area contributed by atoms with Gasteiger partial charge in [-0.1, -0.05) is 32.0 Å². The molecule has 1 aromatic carbocycles. The summed E-state index contributed by atoms with van der Waals surface area (Å²) in [5.74, 6) is -0.0674. The Bertz CT molecular complexity index is 420. The molecule has 4 nitrogen and oxygen atoms in total. The lowest BCUT2D eigenvalue weighted by Gasteiger charge is -2.26. The second kappa shape index (κ2) is 7.14. The van der Waals surface area contributed by atoms with E-state index in [4.69, 9.17) is 0 Å². The smallest absolute Gasteiger partial charge is 0.224 e. The van der Waals surface area contributed by atoms with E-state index in [1.807, 2.05) is 50.1 Å². The number of amides is 1. The van der Waals surface area contributed by atoms with Gasteiger partial charge >= 0.3 is 0 Å². The molecule has 2 atom stereocenters. The van der Waals surface area contributed by atoms with E-state index in [9.17, 15) is 9.90 Å². The summed E-state index contributed by atoms with van der Waals surface area (Å²) in [6, 6.07) is 7.78. The lowest BCUT2D eigenvalue weighted by molar-refractivity contribution is -0.123. The predicted octanol–water partition coefficient (Wildman–Crippen LogP) is 1.95. The summed E-state index contributed by atoms with van der Waals surface area (Å²) in [4.78, 5) is 13.6. The third kappa shape index (κ3) is 3.96. The van der Waals surface area contributed by atoms with Gasteiger partial charge in [0.2, 0.25) is 5.91 Å². The van der Waals surface area contributed by atoms with Gasteiger partial charge in [-0.25, -0.2) is 0 Å². The fourth-order valence-electron chi connectivity index (χ4n) is 2.18. The van der Waals surface area contributed by atoms with Crippen molar-refractivity contribution in [1.82, 2.24) is 5.32 Å². The van der Waals surface area contributed by atoms with Crippen LogP contribution in [0.3, 0.4) is 0 Å². The molecule has 1 aromatic rings. The van der Waals surface area contributed by atoms with Gasteiger partial charge in [0.15, 0.2) is 0 Å². The molecule has 0 fully saturated rings. The molecular weight excluding hydrogens is 240 g/mol. The number of nitrogens with zero attached hydrogens (tertiary/aromatic N) is 1. The maximum absolute atomic E-state index is 11.6. The highest BCUT2D eigenvalue weighted by Crippen LogP contribution is 2.27. The van der Waals surface area contributed by atoms with Crippen LogP contribution in [-0.4, -0.2) is 31.7 Å². The number of hydrogen-bond acceptors (Lipinski definition) is 3. The van der Waals surface area contributed by atoms with Crippen molar-refractivity contribution in [2.24, 2.45) is 5.92 Å². The van der Waals surface area contributed by atoms with Gasteiger partial charge < -0.3 is 15.3 Å². The van der Waals surface area contributed by atoms with Crippen LogP contribution in [0.25, 0.3) is 0 Å². The lowest BCUT2D eigenvalue weighted by Crippen LogP contribution is -2.34. The number of rotatable bonds is 6. The zero-order chi connectivity index (χ0) is 14.4. The van der Waals surface area contributed by atoms with E-state index >= 15 is 0 Å². The van der Waals surface area contributed by atoms with Gasteiger partial charge in [-0.15, -0.1) is 0 Å². The molecule has 0 aromatic heterocycles. The third-order valence-electron chi connectivity index (χ3n) is 3.34. The van der Waals surface area contributed by atoms with Crippen LogP contribution in [0.5, 0.6) is 0 Å². The molecule has 0 bridgehead atoms. The number of anilines is 1. The van der Waals surface area contributed by atoms with E-state index in [0.29, 0.717) is 13.0 Å². The lowest BCUT2D eigenvalue weighted by atomic mass is 10.0. The van der Waals surface area contributed by atoms with Crippen molar-refractivity contribution in [3.05, 3.63) is 29.8 Å². The number of aliphatic hydroxyl groups excluding tert-OH is 1. The fourth-order valence-corrected chi connectivity index (χ4v) is 2.18. The van der Waals surface area contributed by atoms with Crippen molar-refractivity contribution in [2.45, 2.75) is 26.4 Å². The maximum atomic E-state index is 11.6. The first kappa shape index (κ1) is 15.5. The molecule has 19 heavy (non-hydrogen) atoms. The Morgan fingerprint density at radius 3 is 2.63 bits per heavy atom. The Morgan fingerprint density at radius 2 is 2.05 bits per heavy atom. The highest BCUT2D eigenvalue weighted by atomic mass is 16.3. The molecule has 1 amide bonds. The Kier molecular flexibility index (Phi) is 5.83. The van der Waals surface area contributed by atoms with Crippen LogP contribution < -0.4 is 10.2 Å². The highest BCUT2D eigenvalue weighted by molar-refractivity contribution is 5.78. The van der Waals surface area contributed by atoms with Gasteiger partial charge in [0.1, 0.15) is 0 Å². The van der Waals surface area contributed by atoms with Crippen molar-refractivity contribution in [1.29, 1.82) is 0 Å². The summed E-state index contributed by atoms with van der Waals surface area (Å²) in [6.45, 7) is 4.47. The second-order valence-corrected chi connectivity index (χ2v) is 4.88. The third-order valence-corrected chi connectivity index (χ3v) is 3.34. The topological polar surface area (TPSA) is 52.6 Å². The number of carbonyl (C=O) groups is 1. The monoisotopic (exact) mass is 264 g/mol. The van der Waals surface area contributed by atoms with Gasteiger partial charge in [-0.3, -0.25) is 4.79 Å². The number of hydrogen-bond donors (Lipinski definition) is 2. The molecule has 2 unspecified atom stereocenters. The van der Waals surface area contributed by atoms with Crippen LogP contribution in [0, 0.1) is 5.92 Å². The first-order valence-corrected chi connectivity index (χ1v) is 6.71. The van der Waals surface area contributed by atoms with Crippen LogP contribution in [0.4, 0.5) is 5.69 Å². The molecular formula is C15H24N2O2. The number of benzene rings is 1. The predicted molar refractivity (Wildman–Crippen MR) is 78.2 cm³/mol. The maximum Gasteiger partial charge on any atom is 0.224 e. The average molecular weight is 264 g/mol. The Hall–Kier alpha value is -1.55. The van der Waals surface area contributed by atoms with E-state index in [0.717, 1.165) is 11.3 Å². The molecule has 0 radical (unpaired) electrons. The molecule has 2 N–H and O–H groups in total. The van der Waals surface area contributed by atoms with Crippen LogP contribution in [-0.2, 0) is 4.79 Å². The first-order chi connectivity index (χ1) is 9.01. The molecule has 0 aliphatic carbocycles. The highest BCUT2D eigenvalue weighted by Gasteiger charge is 2.17. The Morgan fingerprint density at radius 1 is 1.42 bits per heavy atom. The standard InChI is InChI=1S/C15H24N2O2/c1-5-14(18)12-8-6-7-9-13(12)17(4)10-11(2)15(19)16-3/h6-9,11,14,18H,5,10H2,1-4H3,(H,16,19). The van der Waals surface area contributed by atoms with E-state index in [1.54, 1.807) is 7.05 Å². The average Bonchev–Trinajstić information content (AvgIpc) is 2.45. The molecule has 0 saturated carbocycles. The van der Waals surface area contributed by atoms with Crippen LogP contribution in [0.1, 0.15) is 31.9 Å². The summed E-state index contributed by atoms with van der Waals surface area (Å²) < 4.78 is 0. The summed E-state index contributed by atoms with van der Waals surface area (Å²) in [6.07, 6.45) is 0.213. The quantitative estimate of drug-likeness (QED) is 0.825. The zero-order valence-electron chi connectivity index (χ0n) is 12.2. The molecule has 4 heteroatoms. The largest absolute Gasteiger partial charge is 0.388 e. The van der Waals surface area contributed by atoms with Gasteiger partial charge in [-0.05, 0) is 12.5 Å². The number of aliphatic hydroxyl groups is 1. The minimum atomic E-state index is -0.464. The molecule has 0 saturated heterocycles. The summed E-state index contributed by atoms with van der Waals surface area (Å²) in [5.41, 5.74) is 1.89. The molecule has 0 heterocycles. The van der Waals surface area contributed by atoms with Crippen molar-refractivity contribution >= 4 is 11.6 Å². The van der Waals surface area contributed by atoms with Crippen molar-refractivity contribution in [2.75, 3.05) is 25.5 Å². The minimum Gasteiger partial charge on any atom is -0.388 e. The molecule has 0 aliphatic heterocycles. The van der Waals surface area contributed by atoms with Crippen molar-refractivity contribution in [3.63, 3.8) is 0 Å². The fraction of sp³-hybridized carbons (Fsp3) is 0.533. The van der Waals surface area contributed by atoms with E-state index in [1.165, 1.54) is 0 Å². The molecule has 1 rings (SSSR count). The Balaban J connectivity index is 2.87. The number of para-hydroxylation sites is 1. The Labute approximate surface area is 115 Å². The van der Waals surface area contributed by atoms with Crippen molar-refractivity contribution in [3.8, 4) is 0 Å². The van der Waals surface area contributed by atoms with Crippen LogP contribution in [0.2, 0.25) is 0 Å². The molecule has 0 aliphatic rings. The van der Waals surface area contributed by atoms with Crippen molar-refractivity contribution < 1.29 is 9.90 Å². The normalized spacial score (nSPS) is 13.7. The first-order valence-electron chi connectivity index (χ1n) is 6.71. The van der Waals surface area contributed by atoms with Gasteiger partial charge in [0.05, 0.1) is 12.0 Å².